The second kappa shape index (κ2) is 7.70. The van der Waals surface area contributed by atoms with Crippen LogP contribution in [0.2, 0.25) is 0 Å². The molecule has 0 radical (unpaired) electrons. The highest BCUT2D eigenvalue weighted by Crippen LogP contribution is 2.50. The van der Waals surface area contributed by atoms with Gasteiger partial charge in [0.1, 0.15) is 12.0 Å². The van der Waals surface area contributed by atoms with Gasteiger partial charge in [0.25, 0.3) is 0 Å². The van der Waals surface area contributed by atoms with Gasteiger partial charge in [-0.3, -0.25) is 4.90 Å². The zero-order valence-electron chi connectivity index (χ0n) is 17.9. The summed E-state index contributed by atoms with van der Waals surface area (Å²) < 4.78 is 14.3. The SMILES string of the molecule is CC(C)(C)CCN1CCC2(CC[C@H](N3CCCC3O)c3ccc(F)cc32)CC1. The molecule has 2 saturated heterocycles. The first-order chi connectivity index (χ1) is 13.3. The largest absolute Gasteiger partial charge is 0.378 e. The van der Waals surface area contributed by atoms with E-state index in [0.29, 0.717) is 5.41 Å². The number of benzene rings is 1. The first-order valence-electron chi connectivity index (χ1n) is 11.2. The van der Waals surface area contributed by atoms with Crippen molar-refractivity contribution in [2.24, 2.45) is 5.41 Å². The standard InChI is InChI=1S/C24H37FN2O/c1-23(2,3)10-14-26-15-11-24(12-16-26)9-8-21(27-13-4-5-22(27)28)19-7-6-18(25)17-20(19)24/h6-7,17,21-22,28H,4-5,8-16H2,1-3H3/t21-,22?/m0/s1. The fourth-order valence-electron chi connectivity index (χ4n) is 5.68. The monoisotopic (exact) mass is 388 g/mol. The van der Waals surface area contributed by atoms with Crippen LogP contribution in [0.5, 0.6) is 0 Å². The van der Waals surface area contributed by atoms with Crippen molar-refractivity contribution in [2.75, 3.05) is 26.2 Å². The van der Waals surface area contributed by atoms with Crippen molar-refractivity contribution in [3.05, 3.63) is 35.1 Å². The highest BCUT2D eigenvalue weighted by molar-refractivity contribution is 5.40. The Morgan fingerprint density at radius 2 is 1.86 bits per heavy atom. The van der Waals surface area contributed by atoms with Gasteiger partial charge in [-0.25, -0.2) is 4.39 Å². The van der Waals surface area contributed by atoms with Gasteiger partial charge in [-0.1, -0.05) is 26.8 Å². The minimum Gasteiger partial charge on any atom is -0.378 e. The van der Waals surface area contributed by atoms with Crippen molar-refractivity contribution in [3.8, 4) is 0 Å². The second-order valence-corrected chi connectivity index (χ2v) is 10.6. The number of likely N-dealkylation sites (tertiary alicyclic amines) is 2. The zero-order valence-corrected chi connectivity index (χ0v) is 17.9. The lowest BCUT2D eigenvalue weighted by molar-refractivity contribution is -0.00382. The molecule has 3 nitrogen and oxygen atoms in total. The molecule has 1 N–H and O–H groups in total. The molecule has 1 spiro atoms. The molecule has 2 atom stereocenters. The van der Waals surface area contributed by atoms with Gasteiger partial charge in [-0.05, 0) is 98.7 Å². The fraction of sp³-hybridized carbons (Fsp3) is 0.750. The maximum Gasteiger partial charge on any atom is 0.123 e. The molecular formula is C24H37FN2O. The lowest BCUT2D eigenvalue weighted by Gasteiger charge is -2.49. The Morgan fingerprint density at radius 1 is 1.11 bits per heavy atom. The number of fused-ring (bicyclic) bond motifs is 2. The quantitative estimate of drug-likeness (QED) is 0.802. The Hall–Kier alpha value is -0.970. The summed E-state index contributed by atoms with van der Waals surface area (Å²) in [5, 5.41) is 10.4. The number of aliphatic hydroxyl groups excluding tert-OH is 1. The summed E-state index contributed by atoms with van der Waals surface area (Å²) in [6.07, 6.45) is 7.26. The molecule has 2 fully saturated rings. The molecule has 2 heterocycles. The molecular weight excluding hydrogens is 351 g/mol. The van der Waals surface area contributed by atoms with E-state index in [1.54, 1.807) is 6.07 Å². The topological polar surface area (TPSA) is 26.7 Å². The fourth-order valence-corrected chi connectivity index (χ4v) is 5.68. The smallest absolute Gasteiger partial charge is 0.123 e. The van der Waals surface area contributed by atoms with Gasteiger partial charge in [-0.2, -0.15) is 0 Å². The normalized spacial score (nSPS) is 28.6. The van der Waals surface area contributed by atoms with Crippen molar-refractivity contribution in [1.29, 1.82) is 0 Å². The third-order valence-corrected chi connectivity index (χ3v) is 7.50. The van der Waals surface area contributed by atoms with E-state index in [1.165, 1.54) is 17.5 Å². The molecule has 0 aromatic heterocycles. The molecule has 4 heteroatoms. The van der Waals surface area contributed by atoms with E-state index in [-0.39, 0.29) is 23.5 Å². The first kappa shape index (κ1) is 20.3. The number of hydrogen-bond acceptors (Lipinski definition) is 3. The van der Waals surface area contributed by atoms with Crippen LogP contribution in [-0.2, 0) is 5.41 Å². The van der Waals surface area contributed by atoms with Crippen LogP contribution < -0.4 is 0 Å². The molecule has 0 saturated carbocycles. The van der Waals surface area contributed by atoms with Crippen LogP contribution in [0.3, 0.4) is 0 Å². The Labute approximate surface area is 169 Å². The minimum atomic E-state index is -0.337. The van der Waals surface area contributed by atoms with Gasteiger partial charge in [0, 0.05) is 12.6 Å². The summed E-state index contributed by atoms with van der Waals surface area (Å²) in [4.78, 5) is 4.86. The summed E-state index contributed by atoms with van der Waals surface area (Å²) in [7, 11) is 0. The van der Waals surface area contributed by atoms with E-state index in [1.807, 2.05) is 12.1 Å². The van der Waals surface area contributed by atoms with Crippen LogP contribution in [-0.4, -0.2) is 47.3 Å². The number of hydrogen-bond donors (Lipinski definition) is 1. The molecule has 3 aliphatic rings. The maximum absolute atomic E-state index is 14.3. The second-order valence-electron chi connectivity index (χ2n) is 10.6. The zero-order chi connectivity index (χ0) is 19.9. The molecule has 1 aromatic carbocycles. The first-order valence-corrected chi connectivity index (χ1v) is 11.2. The van der Waals surface area contributed by atoms with Crippen molar-refractivity contribution < 1.29 is 9.50 Å². The number of aliphatic hydroxyl groups is 1. The third-order valence-electron chi connectivity index (χ3n) is 7.50. The van der Waals surface area contributed by atoms with E-state index in [4.69, 9.17) is 0 Å². The Bertz CT molecular complexity index is 690. The van der Waals surface area contributed by atoms with E-state index in [9.17, 15) is 9.50 Å². The van der Waals surface area contributed by atoms with Crippen molar-refractivity contribution in [1.82, 2.24) is 9.80 Å². The molecule has 2 aliphatic heterocycles. The summed E-state index contributed by atoms with van der Waals surface area (Å²) in [5.41, 5.74) is 3.01. The predicted octanol–water partition coefficient (Wildman–Crippen LogP) is 4.84. The molecule has 1 aliphatic carbocycles. The van der Waals surface area contributed by atoms with Gasteiger partial charge in [0.05, 0.1) is 0 Å². The Balaban J connectivity index is 1.53. The van der Waals surface area contributed by atoms with E-state index >= 15 is 0 Å². The summed E-state index contributed by atoms with van der Waals surface area (Å²) in [6.45, 7) is 11.3. The van der Waals surface area contributed by atoms with Gasteiger partial charge in [0.2, 0.25) is 0 Å². The molecule has 28 heavy (non-hydrogen) atoms. The molecule has 0 amide bonds. The van der Waals surface area contributed by atoms with Gasteiger partial charge in [0.15, 0.2) is 0 Å². The van der Waals surface area contributed by atoms with Crippen molar-refractivity contribution in [2.45, 2.75) is 83.4 Å². The predicted molar refractivity (Wildman–Crippen MR) is 112 cm³/mol. The minimum absolute atomic E-state index is 0.115. The van der Waals surface area contributed by atoms with Crippen molar-refractivity contribution in [3.63, 3.8) is 0 Å². The number of piperidine rings is 1. The summed E-state index contributed by atoms with van der Waals surface area (Å²) >= 11 is 0. The summed E-state index contributed by atoms with van der Waals surface area (Å²) in [5.74, 6) is -0.115. The number of nitrogens with zero attached hydrogens (tertiary/aromatic N) is 2. The summed E-state index contributed by atoms with van der Waals surface area (Å²) in [6, 6.07) is 5.69. The highest BCUT2D eigenvalue weighted by Gasteiger charge is 2.44. The molecule has 1 aromatic rings. The number of halogens is 1. The maximum atomic E-state index is 14.3. The molecule has 156 valence electrons. The lowest BCUT2D eigenvalue weighted by atomic mass is 9.63. The van der Waals surface area contributed by atoms with Crippen molar-refractivity contribution >= 4 is 0 Å². The van der Waals surface area contributed by atoms with Crippen LogP contribution in [0.4, 0.5) is 4.39 Å². The Kier molecular flexibility index (Phi) is 5.58. The Morgan fingerprint density at radius 3 is 2.50 bits per heavy atom. The molecule has 4 rings (SSSR count). The number of rotatable bonds is 3. The van der Waals surface area contributed by atoms with Gasteiger partial charge >= 0.3 is 0 Å². The lowest BCUT2D eigenvalue weighted by Crippen LogP contribution is -2.47. The molecule has 0 bridgehead atoms. The van der Waals surface area contributed by atoms with Crippen LogP contribution in [0.15, 0.2) is 18.2 Å². The van der Waals surface area contributed by atoms with E-state index in [2.05, 4.69) is 30.6 Å². The highest BCUT2D eigenvalue weighted by atomic mass is 19.1. The average molecular weight is 389 g/mol. The van der Waals surface area contributed by atoms with Crippen LogP contribution >= 0.6 is 0 Å². The third kappa shape index (κ3) is 4.01. The van der Waals surface area contributed by atoms with Crippen LogP contribution in [0.25, 0.3) is 0 Å². The molecule has 1 unspecified atom stereocenters. The van der Waals surface area contributed by atoms with Crippen LogP contribution in [0.1, 0.15) is 82.9 Å². The van der Waals surface area contributed by atoms with E-state index in [0.717, 1.165) is 64.7 Å². The van der Waals surface area contributed by atoms with E-state index < -0.39 is 0 Å². The van der Waals surface area contributed by atoms with Gasteiger partial charge < -0.3 is 10.0 Å². The average Bonchev–Trinajstić information content (AvgIpc) is 3.07. The van der Waals surface area contributed by atoms with Crippen LogP contribution in [0, 0.1) is 11.2 Å². The van der Waals surface area contributed by atoms with Gasteiger partial charge in [-0.15, -0.1) is 0 Å².